The van der Waals surface area contributed by atoms with Gasteiger partial charge in [0.05, 0.1) is 17.8 Å². The highest BCUT2D eigenvalue weighted by molar-refractivity contribution is 5.93. The summed E-state index contributed by atoms with van der Waals surface area (Å²) in [7, 11) is 0. The minimum atomic E-state index is -0.0382. The minimum absolute atomic E-state index is 0.0382. The largest absolute Gasteiger partial charge is 0.309 e. The molecular formula is C18H17N7O. The molecule has 5 rings (SSSR count). The molecule has 0 radical (unpaired) electrons. The number of hydrogen-bond donors (Lipinski definition) is 1. The number of rotatable bonds is 4. The Morgan fingerprint density at radius 3 is 2.92 bits per heavy atom. The van der Waals surface area contributed by atoms with E-state index in [0.717, 1.165) is 30.0 Å². The standard InChI is InChI=1S/C18H17N7O/c1-11(17-22-21-16-4-2-3-9-24(16)17)13-7-8-15-19-14(10-25(15)23-13)20-18(26)12-5-6-12/h2-4,7-12H,5-6H2,1H3,(H,20,26). The van der Waals surface area contributed by atoms with Crippen molar-refractivity contribution in [3.05, 3.63) is 54.2 Å². The van der Waals surface area contributed by atoms with Crippen LogP contribution in [0.2, 0.25) is 0 Å². The van der Waals surface area contributed by atoms with Gasteiger partial charge >= 0.3 is 0 Å². The zero-order valence-electron chi connectivity index (χ0n) is 14.2. The van der Waals surface area contributed by atoms with Crippen molar-refractivity contribution in [1.82, 2.24) is 29.2 Å². The van der Waals surface area contributed by atoms with E-state index in [1.807, 2.05) is 47.9 Å². The molecule has 1 unspecified atom stereocenters. The highest BCUT2D eigenvalue weighted by Gasteiger charge is 2.30. The number of aromatic nitrogens is 6. The lowest BCUT2D eigenvalue weighted by molar-refractivity contribution is -0.117. The summed E-state index contributed by atoms with van der Waals surface area (Å²) in [5, 5.41) is 16.0. The molecule has 1 N–H and O–H groups in total. The van der Waals surface area contributed by atoms with Crippen molar-refractivity contribution in [1.29, 1.82) is 0 Å². The second-order valence-corrected chi connectivity index (χ2v) is 6.66. The van der Waals surface area contributed by atoms with Gasteiger partial charge in [-0.1, -0.05) is 6.07 Å². The molecule has 8 heteroatoms. The minimum Gasteiger partial charge on any atom is -0.309 e. The second kappa shape index (κ2) is 5.62. The molecule has 1 atom stereocenters. The molecule has 4 aromatic heterocycles. The van der Waals surface area contributed by atoms with E-state index in [4.69, 9.17) is 0 Å². The smallest absolute Gasteiger partial charge is 0.228 e. The summed E-state index contributed by atoms with van der Waals surface area (Å²) in [5.74, 6) is 1.51. The number of carbonyl (C=O) groups excluding carboxylic acids is 1. The Kier molecular flexibility index (Phi) is 3.24. The molecule has 4 heterocycles. The molecule has 1 aliphatic carbocycles. The third-order valence-electron chi connectivity index (χ3n) is 4.71. The molecule has 0 spiro atoms. The van der Waals surface area contributed by atoms with Gasteiger partial charge in [0.25, 0.3) is 0 Å². The van der Waals surface area contributed by atoms with Crippen LogP contribution < -0.4 is 5.32 Å². The summed E-state index contributed by atoms with van der Waals surface area (Å²) in [6.07, 6.45) is 5.62. The molecule has 0 aromatic carbocycles. The average Bonchev–Trinajstić information content (AvgIpc) is 3.30. The lowest BCUT2D eigenvalue weighted by Gasteiger charge is -2.09. The Morgan fingerprint density at radius 1 is 1.19 bits per heavy atom. The molecule has 4 aromatic rings. The lowest BCUT2D eigenvalue weighted by Crippen LogP contribution is -2.13. The third kappa shape index (κ3) is 2.50. The molecule has 130 valence electrons. The first-order valence-electron chi connectivity index (χ1n) is 8.66. The van der Waals surface area contributed by atoms with Crippen LogP contribution in [0.15, 0.2) is 42.7 Å². The molecule has 1 aliphatic rings. The number of imidazole rings is 1. The van der Waals surface area contributed by atoms with E-state index in [2.05, 4.69) is 25.6 Å². The van der Waals surface area contributed by atoms with Crippen LogP contribution in [-0.4, -0.2) is 35.1 Å². The van der Waals surface area contributed by atoms with Gasteiger partial charge in [0.1, 0.15) is 5.82 Å². The van der Waals surface area contributed by atoms with Crippen LogP contribution in [0, 0.1) is 5.92 Å². The monoisotopic (exact) mass is 347 g/mol. The number of hydrogen-bond acceptors (Lipinski definition) is 5. The molecule has 0 aliphatic heterocycles. The number of nitrogens with zero attached hydrogens (tertiary/aromatic N) is 6. The quantitative estimate of drug-likeness (QED) is 0.612. The van der Waals surface area contributed by atoms with Crippen LogP contribution in [0.3, 0.4) is 0 Å². The van der Waals surface area contributed by atoms with Gasteiger partial charge in [-0.25, -0.2) is 9.50 Å². The van der Waals surface area contributed by atoms with Gasteiger partial charge < -0.3 is 5.32 Å². The van der Waals surface area contributed by atoms with Gasteiger partial charge in [-0.3, -0.25) is 9.20 Å². The van der Waals surface area contributed by atoms with E-state index in [-0.39, 0.29) is 17.7 Å². The molecule has 0 bridgehead atoms. The molecule has 1 saturated carbocycles. The highest BCUT2D eigenvalue weighted by Crippen LogP contribution is 2.30. The molecule has 0 saturated heterocycles. The van der Waals surface area contributed by atoms with Crippen molar-refractivity contribution in [2.24, 2.45) is 5.92 Å². The number of pyridine rings is 1. The van der Waals surface area contributed by atoms with Gasteiger partial charge in [-0.15, -0.1) is 10.2 Å². The maximum Gasteiger partial charge on any atom is 0.228 e. The Hall–Kier alpha value is -3.29. The molecule has 1 amide bonds. The van der Waals surface area contributed by atoms with Crippen LogP contribution in [0.5, 0.6) is 0 Å². The Labute approximate surface area is 148 Å². The van der Waals surface area contributed by atoms with Gasteiger partial charge in [-0.2, -0.15) is 5.10 Å². The van der Waals surface area contributed by atoms with Crippen LogP contribution in [0.25, 0.3) is 11.3 Å². The van der Waals surface area contributed by atoms with E-state index < -0.39 is 0 Å². The number of nitrogens with one attached hydrogen (secondary N) is 1. The summed E-state index contributed by atoms with van der Waals surface area (Å²) < 4.78 is 3.66. The van der Waals surface area contributed by atoms with Gasteiger partial charge in [0.15, 0.2) is 17.1 Å². The van der Waals surface area contributed by atoms with Gasteiger partial charge in [0, 0.05) is 12.1 Å². The SMILES string of the molecule is CC(c1ccc2nc(NC(=O)C3CC3)cn2n1)c1nnc2ccccn12. The predicted octanol–water partition coefficient (Wildman–Crippen LogP) is 2.27. The van der Waals surface area contributed by atoms with Crippen molar-refractivity contribution in [3.63, 3.8) is 0 Å². The van der Waals surface area contributed by atoms with E-state index in [9.17, 15) is 4.79 Å². The maximum absolute atomic E-state index is 11.9. The summed E-state index contributed by atoms with van der Waals surface area (Å²) in [5.41, 5.74) is 2.36. The van der Waals surface area contributed by atoms with Crippen LogP contribution >= 0.6 is 0 Å². The number of anilines is 1. The van der Waals surface area contributed by atoms with E-state index in [0.29, 0.717) is 11.5 Å². The second-order valence-electron chi connectivity index (χ2n) is 6.66. The van der Waals surface area contributed by atoms with Crippen molar-refractivity contribution < 1.29 is 4.79 Å². The Bertz CT molecular complexity index is 1120. The highest BCUT2D eigenvalue weighted by atomic mass is 16.2. The third-order valence-corrected chi connectivity index (χ3v) is 4.71. The first-order chi connectivity index (χ1) is 12.7. The van der Waals surface area contributed by atoms with Crippen LogP contribution in [0.4, 0.5) is 5.82 Å². The fourth-order valence-electron chi connectivity index (χ4n) is 3.05. The number of amides is 1. The molecule has 26 heavy (non-hydrogen) atoms. The van der Waals surface area contributed by atoms with Crippen LogP contribution in [-0.2, 0) is 4.79 Å². The molecular weight excluding hydrogens is 330 g/mol. The zero-order valence-corrected chi connectivity index (χ0v) is 14.2. The van der Waals surface area contributed by atoms with Crippen molar-refractivity contribution >= 4 is 23.0 Å². The first-order valence-corrected chi connectivity index (χ1v) is 8.66. The molecule has 8 nitrogen and oxygen atoms in total. The predicted molar refractivity (Wildman–Crippen MR) is 94.8 cm³/mol. The van der Waals surface area contributed by atoms with Crippen molar-refractivity contribution in [3.8, 4) is 0 Å². The fraction of sp³-hybridized carbons (Fsp3) is 0.278. The van der Waals surface area contributed by atoms with Gasteiger partial charge in [-0.05, 0) is 44.0 Å². The normalized spacial score (nSPS) is 15.4. The Morgan fingerprint density at radius 2 is 2.08 bits per heavy atom. The summed E-state index contributed by atoms with van der Waals surface area (Å²) >= 11 is 0. The summed E-state index contributed by atoms with van der Waals surface area (Å²) in [6, 6.07) is 9.64. The van der Waals surface area contributed by atoms with Crippen molar-refractivity contribution in [2.75, 3.05) is 5.32 Å². The van der Waals surface area contributed by atoms with Crippen molar-refractivity contribution in [2.45, 2.75) is 25.7 Å². The van der Waals surface area contributed by atoms with Crippen LogP contribution in [0.1, 0.15) is 37.2 Å². The first kappa shape index (κ1) is 15.0. The summed E-state index contributed by atoms with van der Waals surface area (Å²) in [4.78, 5) is 16.3. The van der Waals surface area contributed by atoms with E-state index in [1.165, 1.54) is 0 Å². The average molecular weight is 347 g/mol. The zero-order chi connectivity index (χ0) is 17.7. The Balaban J connectivity index is 1.47. The number of carbonyl (C=O) groups is 1. The maximum atomic E-state index is 11.9. The fourth-order valence-corrected chi connectivity index (χ4v) is 3.05. The summed E-state index contributed by atoms with van der Waals surface area (Å²) in [6.45, 7) is 2.05. The van der Waals surface area contributed by atoms with Gasteiger partial charge in [0.2, 0.25) is 5.91 Å². The van der Waals surface area contributed by atoms with E-state index >= 15 is 0 Å². The number of fused-ring (bicyclic) bond motifs is 2. The van der Waals surface area contributed by atoms with E-state index in [1.54, 1.807) is 10.7 Å². The topological polar surface area (TPSA) is 89.5 Å². The molecule has 1 fully saturated rings. The lowest BCUT2D eigenvalue weighted by atomic mass is 10.1.